The zero-order valence-electron chi connectivity index (χ0n) is 16.2. The summed E-state index contributed by atoms with van der Waals surface area (Å²) in [5.41, 5.74) is 2.93. The standard InChI is InChI=1S/C23H21N3O3/c1-28-17-10-11-22(29-2)16(12-17)14-24-23(27)21-13-20(25-26-21)19-9-5-7-15-6-3-4-8-18(15)19/h3-13H,14H2,1-2H3,(H,24,27)(H,25,26). The third-order valence-corrected chi connectivity index (χ3v) is 4.82. The molecule has 29 heavy (non-hydrogen) atoms. The fourth-order valence-corrected chi connectivity index (χ4v) is 3.32. The van der Waals surface area contributed by atoms with Gasteiger partial charge in [0.05, 0.1) is 19.9 Å². The van der Waals surface area contributed by atoms with E-state index in [9.17, 15) is 4.79 Å². The predicted octanol–water partition coefficient (Wildman–Crippen LogP) is 4.18. The summed E-state index contributed by atoms with van der Waals surface area (Å²) in [5, 5.41) is 12.3. The summed E-state index contributed by atoms with van der Waals surface area (Å²) in [6.07, 6.45) is 0. The molecule has 1 amide bonds. The van der Waals surface area contributed by atoms with E-state index in [4.69, 9.17) is 9.47 Å². The normalized spacial score (nSPS) is 10.7. The Kier molecular flexibility index (Phi) is 5.16. The number of hydrogen-bond donors (Lipinski definition) is 2. The van der Waals surface area contributed by atoms with Crippen molar-refractivity contribution in [3.05, 3.63) is 78.0 Å². The van der Waals surface area contributed by atoms with Gasteiger partial charge < -0.3 is 14.8 Å². The third kappa shape index (κ3) is 3.78. The molecule has 4 rings (SSSR count). The van der Waals surface area contributed by atoms with Gasteiger partial charge in [-0.2, -0.15) is 5.10 Å². The second kappa shape index (κ2) is 8.06. The number of nitrogens with zero attached hydrogens (tertiary/aromatic N) is 1. The Hall–Kier alpha value is -3.80. The highest BCUT2D eigenvalue weighted by molar-refractivity contribution is 5.98. The van der Waals surface area contributed by atoms with E-state index in [1.54, 1.807) is 20.3 Å². The second-order valence-corrected chi connectivity index (χ2v) is 6.55. The smallest absolute Gasteiger partial charge is 0.269 e. The number of carbonyl (C=O) groups excluding carboxylic acids is 1. The molecule has 0 fully saturated rings. The Bertz CT molecular complexity index is 1160. The Morgan fingerprint density at radius 2 is 1.83 bits per heavy atom. The minimum atomic E-state index is -0.242. The van der Waals surface area contributed by atoms with Crippen LogP contribution in [-0.2, 0) is 6.54 Å². The summed E-state index contributed by atoms with van der Waals surface area (Å²) in [6.45, 7) is 0.307. The highest BCUT2D eigenvalue weighted by Crippen LogP contribution is 2.28. The SMILES string of the molecule is COc1ccc(OC)c(CNC(=O)c2cc(-c3cccc4ccccc34)n[nH]2)c1. The molecule has 1 heterocycles. The van der Waals surface area contributed by atoms with Crippen LogP contribution in [0.5, 0.6) is 11.5 Å². The molecule has 0 unspecified atom stereocenters. The molecule has 0 atom stereocenters. The quantitative estimate of drug-likeness (QED) is 0.520. The first-order valence-electron chi connectivity index (χ1n) is 9.22. The van der Waals surface area contributed by atoms with Gasteiger partial charge in [-0.3, -0.25) is 9.89 Å². The number of ether oxygens (including phenoxy) is 2. The molecular weight excluding hydrogens is 366 g/mol. The Balaban J connectivity index is 1.54. The highest BCUT2D eigenvalue weighted by Gasteiger charge is 2.14. The number of benzene rings is 3. The number of methoxy groups -OCH3 is 2. The van der Waals surface area contributed by atoms with Gasteiger partial charge in [0.25, 0.3) is 5.91 Å². The van der Waals surface area contributed by atoms with Crippen molar-refractivity contribution < 1.29 is 14.3 Å². The van der Waals surface area contributed by atoms with Crippen molar-refractivity contribution >= 4 is 16.7 Å². The molecule has 0 bridgehead atoms. The third-order valence-electron chi connectivity index (χ3n) is 4.82. The molecule has 4 aromatic rings. The van der Waals surface area contributed by atoms with Gasteiger partial charge in [-0.05, 0) is 35.0 Å². The van der Waals surface area contributed by atoms with Gasteiger partial charge in [-0.1, -0.05) is 42.5 Å². The van der Waals surface area contributed by atoms with Crippen LogP contribution < -0.4 is 14.8 Å². The molecule has 0 aliphatic rings. The summed E-state index contributed by atoms with van der Waals surface area (Å²) in [7, 11) is 3.20. The zero-order valence-corrected chi connectivity index (χ0v) is 16.2. The number of carbonyl (C=O) groups is 1. The number of aromatic nitrogens is 2. The number of aromatic amines is 1. The van der Waals surface area contributed by atoms with Crippen LogP contribution in [-0.4, -0.2) is 30.3 Å². The summed E-state index contributed by atoms with van der Waals surface area (Å²) >= 11 is 0. The van der Waals surface area contributed by atoms with E-state index in [1.807, 2.05) is 48.5 Å². The maximum absolute atomic E-state index is 12.6. The number of fused-ring (bicyclic) bond motifs is 1. The molecule has 0 aliphatic heterocycles. The van der Waals surface area contributed by atoms with Gasteiger partial charge in [0.2, 0.25) is 0 Å². The first-order valence-corrected chi connectivity index (χ1v) is 9.22. The molecule has 0 spiro atoms. The average molecular weight is 387 g/mol. The number of rotatable bonds is 6. The maximum atomic E-state index is 12.6. The van der Waals surface area contributed by atoms with Gasteiger partial charge in [0.1, 0.15) is 17.2 Å². The Morgan fingerprint density at radius 3 is 2.66 bits per heavy atom. The van der Waals surface area contributed by atoms with Gasteiger partial charge in [-0.25, -0.2) is 0 Å². The predicted molar refractivity (Wildman–Crippen MR) is 112 cm³/mol. The summed E-state index contributed by atoms with van der Waals surface area (Å²) in [6, 6.07) is 21.4. The monoisotopic (exact) mass is 387 g/mol. The van der Waals surface area contributed by atoms with Crippen LogP contribution in [0.25, 0.3) is 22.0 Å². The lowest BCUT2D eigenvalue weighted by molar-refractivity contribution is 0.0945. The van der Waals surface area contributed by atoms with Crippen LogP contribution in [0.15, 0.2) is 66.7 Å². The van der Waals surface area contributed by atoms with Crippen LogP contribution >= 0.6 is 0 Å². The molecule has 0 radical (unpaired) electrons. The molecule has 0 saturated carbocycles. The van der Waals surface area contributed by atoms with Crippen molar-refractivity contribution in [1.29, 1.82) is 0 Å². The van der Waals surface area contributed by atoms with Crippen LogP contribution in [0.1, 0.15) is 16.1 Å². The summed E-state index contributed by atoms with van der Waals surface area (Å²) in [4.78, 5) is 12.6. The fraction of sp³-hybridized carbons (Fsp3) is 0.130. The van der Waals surface area contributed by atoms with Crippen LogP contribution in [0.3, 0.4) is 0 Å². The van der Waals surface area contributed by atoms with Gasteiger partial charge in [0.15, 0.2) is 0 Å². The first-order chi connectivity index (χ1) is 14.2. The van der Waals surface area contributed by atoms with Crippen LogP contribution in [0.2, 0.25) is 0 Å². The van der Waals surface area contributed by atoms with Crippen molar-refractivity contribution in [2.45, 2.75) is 6.54 Å². The minimum absolute atomic E-state index is 0.242. The van der Waals surface area contributed by atoms with Crippen molar-refractivity contribution in [2.24, 2.45) is 0 Å². The molecule has 0 aliphatic carbocycles. The fourth-order valence-electron chi connectivity index (χ4n) is 3.32. The lowest BCUT2D eigenvalue weighted by Gasteiger charge is -2.11. The van der Waals surface area contributed by atoms with Gasteiger partial charge in [-0.15, -0.1) is 0 Å². The van der Waals surface area contributed by atoms with Crippen molar-refractivity contribution in [2.75, 3.05) is 14.2 Å². The van der Waals surface area contributed by atoms with E-state index in [2.05, 4.69) is 27.6 Å². The lowest BCUT2D eigenvalue weighted by Crippen LogP contribution is -2.23. The molecule has 6 nitrogen and oxygen atoms in total. The molecule has 146 valence electrons. The van der Waals surface area contributed by atoms with Crippen LogP contribution in [0.4, 0.5) is 0 Å². The van der Waals surface area contributed by atoms with Crippen molar-refractivity contribution in [3.8, 4) is 22.8 Å². The lowest BCUT2D eigenvalue weighted by atomic mass is 10.0. The van der Waals surface area contributed by atoms with Crippen molar-refractivity contribution in [1.82, 2.24) is 15.5 Å². The maximum Gasteiger partial charge on any atom is 0.269 e. The molecule has 3 aromatic carbocycles. The molecule has 0 saturated heterocycles. The molecule has 6 heteroatoms. The Labute approximate surface area is 168 Å². The van der Waals surface area contributed by atoms with Crippen LogP contribution in [0, 0.1) is 0 Å². The average Bonchev–Trinajstić information content (AvgIpc) is 3.27. The number of amides is 1. The van der Waals surface area contributed by atoms with E-state index < -0.39 is 0 Å². The van der Waals surface area contributed by atoms with Crippen molar-refractivity contribution in [3.63, 3.8) is 0 Å². The minimum Gasteiger partial charge on any atom is -0.497 e. The van der Waals surface area contributed by atoms with Gasteiger partial charge >= 0.3 is 0 Å². The van der Waals surface area contributed by atoms with E-state index in [-0.39, 0.29) is 5.91 Å². The largest absolute Gasteiger partial charge is 0.497 e. The van der Waals surface area contributed by atoms with E-state index >= 15 is 0 Å². The summed E-state index contributed by atoms with van der Waals surface area (Å²) < 4.78 is 10.6. The van der Waals surface area contributed by atoms with E-state index in [0.29, 0.717) is 23.7 Å². The molecule has 1 aromatic heterocycles. The number of nitrogens with one attached hydrogen (secondary N) is 2. The molecular formula is C23H21N3O3. The van der Waals surface area contributed by atoms with Gasteiger partial charge in [0, 0.05) is 17.7 Å². The van der Waals surface area contributed by atoms with E-state index in [1.165, 1.54) is 0 Å². The topological polar surface area (TPSA) is 76.2 Å². The number of H-pyrrole nitrogens is 1. The molecule has 2 N–H and O–H groups in total. The van der Waals surface area contributed by atoms with E-state index in [0.717, 1.165) is 27.6 Å². The first kappa shape index (κ1) is 18.6. The Morgan fingerprint density at radius 1 is 1.00 bits per heavy atom. The highest BCUT2D eigenvalue weighted by atomic mass is 16.5. The second-order valence-electron chi connectivity index (χ2n) is 6.55. The number of hydrogen-bond acceptors (Lipinski definition) is 4. The zero-order chi connectivity index (χ0) is 20.2. The summed E-state index contributed by atoms with van der Waals surface area (Å²) in [5.74, 6) is 1.15.